The van der Waals surface area contributed by atoms with Gasteiger partial charge in [0.1, 0.15) is 5.75 Å². The number of ketones is 1. The van der Waals surface area contributed by atoms with Crippen LogP contribution in [0.1, 0.15) is 10.4 Å². The zero-order valence-corrected chi connectivity index (χ0v) is 9.44. The van der Waals surface area contributed by atoms with Gasteiger partial charge in [-0.05, 0) is 30.3 Å². The van der Waals surface area contributed by atoms with Crippen molar-refractivity contribution < 1.29 is 42.3 Å². The van der Waals surface area contributed by atoms with Crippen molar-refractivity contribution in [3.05, 3.63) is 41.7 Å². The fourth-order valence-corrected chi connectivity index (χ4v) is 1.03. The van der Waals surface area contributed by atoms with Gasteiger partial charge in [0, 0.05) is 5.56 Å². The van der Waals surface area contributed by atoms with Crippen LogP contribution in [0.15, 0.2) is 36.1 Å². The summed E-state index contributed by atoms with van der Waals surface area (Å²) >= 11 is 0. The van der Waals surface area contributed by atoms with Gasteiger partial charge in [0.05, 0.1) is 7.11 Å². The van der Waals surface area contributed by atoms with Crippen molar-refractivity contribution in [3.8, 4) is 5.75 Å². The molecule has 0 aliphatic heterocycles. The predicted octanol–water partition coefficient (Wildman–Crippen LogP) is -1.61. The van der Waals surface area contributed by atoms with Gasteiger partial charge in [0.25, 0.3) is 0 Å². The third-order valence-electron chi connectivity index (χ3n) is 1.86. The molecular weight excluding hydrogens is 225 g/mol. The van der Waals surface area contributed by atoms with Crippen LogP contribution in [0.25, 0.3) is 0 Å². The molecule has 0 spiro atoms. The molecule has 3 nitrogen and oxygen atoms in total. The van der Waals surface area contributed by atoms with E-state index in [2.05, 4.69) is 0 Å². The largest absolute Gasteiger partial charge is 1.00 e. The maximum Gasteiger partial charge on any atom is 1.00 e. The molecule has 6 heteroatoms. The topological polar surface area (TPSA) is 49.4 Å². The van der Waals surface area contributed by atoms with Crippen LogP contribution >= 0.6 is 0 Å². The quantitative estimate of drug-likeness (QED) is 0.272. The molecule has 0 unspecified atom stereocenters. The van der Waals surface area contributed by atoms with Crippen molar-refractivity contribution >= 4 is 5.78 Å². The van der Waals surface area contributed by atoms with Crippen molar-refractivity contribution in [2.45, 2.75) is 6.43 Å². The van der Waals surface area contributed by atoms with E-state index in [9.17, 15) is 18.7 Å². The minimum absolute atomic E-state index is 0. The standard InChI is InChI=1S/C11H10F2O3.Li/c1-16-8-4-2-7(3-5-8)9(14)6-10(15)11(12)13;/h2-6,11,15H,1H3;/q;+1/p-1/b10-6-;. The van der Waals surface area contributed by atoms with Crippen LogP contribution in [-0.2, 0) is 0 Å². The summed E-state index contributed by atoms with van der Waals surface area (Å²) in [5.74, 6) is -1.69. The van der Waals surface area contributed by atoms with Gasteiger partial charge in [0.2, 0.25) is 6.43 Å². The summed E-state index contributed by atoms with van der Waals surface area (Å²) < 4.78 is 28.6. The van der Waals surface area contributed by atoms with Crippen LogP contribution in [0.2, 0.25) is 0 Å². The van der Waals surface area contributed by atoms with Crippen molar-refractivity contribution in [2.75, 3.05) is 7.11 Å². The maximum atomic E-state index is 11.9. The fraction of sp³-hybridized carbons (Fsp3) is 0.182. The second-order valence-electron chi connectivity index (χ2n) is 2.94. The first-order valence-corrected chi connectivity index (χ1v) is 4.39. The second-order valence-corrected chi connectivity index (χ2v) is 2.94. The third kappa shape index (κ3) is 4.59. The van der Waals surface area contributed by atoms with Crippen molar-refractivity contribution in [1.82, 2.24) is 0 Å². The Hall–Kier alpha value is -1.31. The molecule has 1 aromatic rings. The summed E-state index contributed by atoms with van der Waals surface area (Å²) in [5, 5.41) is 10.6. The first kappa shape index (κ1) is 15.7. The Labute approximate surface area is 109 Å². The number of halogens is 2. The Morgan fingerprint density at radius 3 is 2.29 bits per heavy atom. The van der Waals surface area contributed by atoms with Crippen LogP contribution in [0.3, 0.4) is 0 Å². The summed E-state index contributed by atoms with van der Waals surface area (Å²) in [5.41, 5.74) is 0.162. The van der Waals surface area contributed by atoms with E-state index in [0.29, 0.717) is 11.8 Å². The number of alkyl halides is 2. The van der Waals surface area contributed by atoms with E-state index in [4.69, 9.17) is 4.74 Å². The number of hydrogen-bond acceptors (Lipinski definition) is 3. The number of rotatable bonds is 4. The van der Waals surface area contributed by atoms with E-state index in [0.717, 1.165) is 0 Å². The van der Waals surface area contributed by atoms with E-state index in [1.54, 1.807) is 0 Å². The number of ether oxygens (including phenoxy) is 1. The SMILES string of the molecule is COc1ccc(C(=O)/C=C(\[O-])C(F)F)cc1.[Li+]. The predicted molar refractivity (Wildman–Crippen MR) is 51.4 cm³/mol. The molecule has 0 atom stereocenters. The van der Waals surface area contributed by atoms with Gasteiger partial charge in [-0.2, -0.15) is 0 Å². The Morgan fingerprint density at radius 1 is 1.35 bits per heavy atom. The zero-order chi connectivity index (χ0) is 12.1. The Bertz CT molecular complexity index is 402. The minimum Gasteiger partial charge on any atom is -0.872 e. The maximum absolute atomic E-state index is 11.9. The molecule has 0 aromatic heterocycles. The van der Waals surface area contributed by atoms with E-state index < -0.39 is 18.0 Å². The molecule has 1 rings (SSSR count). The van der Waals surface area contributed by atoms with Crippen molar-refractivity contribution in [3.63, 3.8) is 0 Å². The van der Waals surface area contributed by atoms with Gasteiger partial charge >= 0.3 is 18.9 Å². The van der Waals surface area contributed by atoms with Crippen LogP contribution in [0.4, 0.5) is 8.78 Å². The van der Waals surface area contributed by atoms with Gasteiger partial charge in [-0.3, -0.25) is 4.79 Å². The number of carbonyl (C=O) groups is 1. The summed E-state index contributed by atoms with van der Waals surface area (Å²) in [4.78, 5) is 11.3. The van der Waals surface area contributed by atoms with E-state index in [-0.39, 0.29) is 24.4 Å². The number of carbonyl (C=O) groups excluding carboxylic acids is 1. The second kappa shape index (κ2) is 7.10. The average molecular weight is 234 g/mol. The summed E-state index contributed by atoms with van der Waals surface area (Å²) in [7, 11) is 1.46. The molecule has 17 heavy (non-hydrogen) atoms. The van der Waals surface area contributed by atoms with Gasteiger partial charge in [-0.15, -0.1) is 0 Å². The first-order chi connectivity index (χ1) is 7.54. The summed E-state index contributed by atoms with van der Waals surface area (Å²) in [6.07, 6.45) is -2.76. The molecule has 0 aliphatic rings. The van der Waals surface area contributed by atoms with Gasteiger partial charge in [-0.1, -0.05) is 5.76 Å². The van der Waals surface area contributed by atoms with Crippen molar-refractivity contribution in [2.24, 2.45) is 0 Å². The molecular formula is C11H9F2LiO3. The third-order valence-corrected chi connectivity index (χ3v) is 1.86. The molecule has 1 aromatic carbocycles. The molecule has 0 N–H and O–H groups in total. The van der Waals surface area contributed by atoms with Crippen LogP contribution in [0.5, 0.6) is 5.75 Å². The van der Waals surface area contributed by atoms with E-state index in [1.807, 2.05) is 0 Å². The number of benzene rings is 1. The van der Waals surface area contributed by atoms with E-state index in [1.165, 1.54) is 31.4 Å². The molecule has 0 amide bonds. The number of methoxy groups -OCH3 is 1. The van der Waals surface area contributed by atoms with Crippen LogP contribution < -0.4 is 28.7 Å². The monoisotopic (exact) mass is 234 g/mol. The Kier molecular flexibility index (Phi) is 6.55. The Morgan fingerprint density at radius 2 is 1.88 bits per heavy atom. The Balaban J connectivity index is 0.00000256. The minimum atomic E-state index is -3.15. The fourth-order valence-electron chi connectivity index (χ4n) is 1.03. The van der Waals surface area contributed by atoms with Gasteiger partial charge < -0.3 is 9.84 Å². The summed E-state index contributed by atoms with van der Waals surface area (Å²) in [6.45, 7) is 0. The molecule has 0 aliphatic carbocycles. The smallest absolute Gasteiger partial charge is 0.872 e. The summed E-state index contributed by atoms with van der Waals surface area (Å²) in [6, 6.07) is 5.81. The van der Waals surface area contributed by atoms with Gasteiger partial charge in [0.15, 0.2) is 5.78 Å². The molecule has 0 bridgehead atoms. The zero-order valence-electron chi connectivity index (χ0n) is 9.44. The van der Waals surface area contributed by atoms with Crippen LogP contribution in [-0.4, -0.2) is 19.3 Å². The number of allylic oxidation sites excluding steroid dienone is 2. The molecule has 0 fully saturated rings. The molecule has 0 radical (unpaired) electrons. The van der Waals surface area contributed by atoms with E-state index >= 15 is 0 Å². The number of hydrogen-bond donors (Lipinski definition) is 0. The van der Waals surface area contributed by atoms with Gasteiger partial charge in [-0.25, -0.2) is 8.78 Å². The average Bonchev–Trinajstić information content (AvgIpc) is 2.28. The first-order valence-electron chi connectivity index (χ1n) is 4.39. The van der Waals surface area contributed by atoms with Crippen LogP contribution in [0, 0.1) is 0 Å². The van der Waals surface area contributed by atoms with Crippen molar-refractivity contribution in [1.29, 1.82) is 0 Å². The molecule has 0 saturated heterocycles. The molecule has 0 saturated carbocycles. The normalized spacial score (nSPS) is 10.9. The molecule has 0 heterocycles. The molecule has 86 valence electrons.